The van der Waals surface area contributed by atoms with Crippen molar-refractivity contribution in [3.8, 4) is 0 Å². The summed E-state index contributed by atoms with van der Waals surface area (Å²) < 4.78 is 0. The summed E-state index contributed by atoms with van der Waals surface area (Å²) in [6, 6.07) is 0. The molecule has 1 aliphatic heterocycles. The van der Waals surface area contributed by atoms with Crippen LogP contribution in [0.4, 0.5) is 0 Å². The second-order valence-electron chi connectivity index (χ2n) is 1.89. The maximum Gasteiger partial charge on any atom is 0.263 e. The predicted molar refractivity (Wildman–Crippen MR) is 37.9 cm³/mol. The second kappa shape index (κ2) is 2.96. The fourth-order valence-electron chi connectivity index (χ4n) is 0.633. The molecule has 0 aromatic rings. The van der Waals surface area contributed by atoms with Crippen LogP contribution in [-0.2, 0) is 4.79 Å². The van der Waals surface area contributed by atoms with Gasteiger partial charge in [0, 0.05) is 12.2 Å². The molecule has 1 aliphatic rings. The highest BCUT2D eigenvalue weighted by molar-refractivity contribution is 5.78. The molecule has 3 heteroatoms. The molecule has 3 nitrogen and oxygen atoms in total. The molecule has 0 atom stereocenters. The van der Waals surface area contributed by atoms with E-state index in [4.69, 9.17) is 5.73 Å². The summed E-state index contributed by atoms with van der Waals surface area (Å²) in [5.41, 5.74) is 5.59. The molecule has 0 unspecified atom stereocenters. The Bertz CT molecular complexity index is 226. The van der Waals surface area contributed by atoms with Crippen molar-refractivity contribution in [2.24, 2.45) is 5.73 Å². The van der Waals surface area contributed by atoms with Gasteiger partial charge in [0.15, 0.2) is 0 Å². The van der Waals surface area contributed by atoms with Crippen molar-refractivity contribution in [1.29, 1.82) is 0 Å². The molecule has 1 heterocycles. The van der Waals surface area contributed by atoms with E-state index in [9.17, 15) is 4.79 Å². The molecular formula is C7H7N2O+. The van der Waals surface area contributed by atoms with Crippen LogP contribution in [0.5, 0.6) is 0 Å². The molecule has 0 bridgehead atoms. The minimum atomic E-state index is -0.368. The van der Waals surface area contributed by atoms with E-state index in [0.29, 0.717) is 5.70 Å². The third-order valence-electron chi connectivity index (χ3n) is 1.02. The Kier molecular flexibility index (Phi) is 1.99. The van der Waals surface area contributed by atoms with Gasteiger partial charge >= 0.3 is 0 Å². The lowest BCUT2D eigenvalue weighted by atomic mass is 10.2. The van der Waals surface area contributed by atoms with Gasteiger partial charge in [-0.2, -0.15) is 0 Å². The van der Waals surface area contributed by atoms with Gasteiger partial charge in [-0.3, -0.25) is 4.79 Å². The summed E-state index contributed by atoms with van der Waals surface area (Å²) in [6.45, 7) is 0. The van der Waals surface area contributed by atoms with Crippen molar-refractivity contribution in [3.63, 3.8) is 0 Å². The van der Waals surface area contributed by atoms with E-state index >= 15 is 0 Å². The number of hydrogen-bond donors (Lipinski definition) is 1. The Balaban J connectivity index is 2.58. The van der Waals surface area contributed by atoms with Crippen molar-refractivity contribution in [1.82, 2.24) is 4.99 Å². The molecule has 2 N–H and O–H groups in total. The molecule has 0 saturated carbocycles. The highest BCUT2D eigenvalue weighted by Gasteiger charge is 2.10. The number of allylic oxidation sites excluding steroid dienone is 3. The van der Waals surface area contributed by atoms with Gasteiger partial charge in [0.1, 0.15) is 6.42 Å². The Morgan fingerprint density at radius 2 is 2.60 bits per heavy atom. The largest absolute Gasteiger partial charge is 0.369 e. The quantitative estimate of drug-likeness (QED) is 0.546. The van der Waals surface area contributed by atoms with E-state index in [2.05, 4.69) is 11.1 Å². The summed E-state index contributed by atoms with van der Waals surface area (Å²) in [5.74, 6) is -0.368. The first kappa shape index (κ1) is 6.74. The first-order chi connectivity index (χ1) is 4.79. The minimum Gasteiger partial charge on any atom is -0.369 e. The summed E-state index contributed by atoms with van der Waals surface area (Å²) in [4.78, 5) is 14.2. The van der Waals surface area contributed by atoms with Crippen molar-refractivity contribution in [2.75, 3.05) is 0 Å². The summed E-state index contributed by atoms with van der Waals surface area (Å²) in [5, 5.41) is 0. The number of nitrogens with two attached hydrogens (primary N) is 1. The number of amides is 1. The molecule has 2 radical (unpaired) electrons. The Labute approximate surface area is 58.9 Å². The standard InChI is InChI=1S/C7H7N2O/c8-7(10)5-6-3-1-2-4-9-6/h2-4H,5H2,(H2,8,10)/q+1. The normalized spacial score (nSPS) is 15.0. The van der Waals surface area contributed by atoms with E-state index in [-0.39, 0.29) is 12.3 Å². The molecule has 0 aliphatic carbocycles. The van der Waals surface area contributed by atoms with E-state index < -0.39 is 0 Å². The fraction of sp³-hybridized carbons (Fsp3) is 0.143. The minimum absolute atomic E-state index is 0.192. The molecule has 10 heavy (non-hydrogen) atoms. The van der Waals surface area contributed by atoms with Crippen LogP contribution in [0.3, 0.4) is 0 Å². The van der Waals surface area contributed by atoms with Gasteiger partial charge in [-0.15, -0.1) is 0 Å². The lowest BCUT2D eigenvalue weighted by Gasteiger charge is -1.85. The van der Waals surface area contributed by atoms with Gasteiger partial charge in [0.25, 0.3) is 5.70 Å². The Morgan fingerprint density at radius 1 is 1.80 bits per heavy atom. The van der Waals surface area contributed by atoms with E-state index in [1.165, 1.54) is 0 Å². The molecule has 0 spiro atoms. The van der Waals surface area contributed by atoms with Crippen LogP contribution >= 0.6 is 0 Å². The maximum atomic E-state index is 10.3. The monoisotopic (exact) mass is 135 g/mol. The van der Waals surface area contributed by atoms with Gasteiger partial charge < -0.3 is 5.73 Å². The van der Waals surface area contributed by atoms with E-state index in [0.717, 1.165) is 0 Å². The number of hydrogen-bond acceptors (Lipinski definition) is 2. The number of aliphatic imine (C=N–C) groups is 1. The van der Waals surface area contributed by atoms with Crippen LogP contribution in [0.25, 0.3) is 0 Å². The number of primary amides is 1. The third kappa shape index (κ3) is 1.85. The lowest BCUT2D eigenvalue weighted by Crippen LogP contribution is -2.13. The predicted octanol–water partition coefficient (Wildman–Crippen LogP) is -0.475. The molecule has 0 aromatic carbocycles. The first-order valence-electron chi connectivity index (χ1n) is 2.88. The lowest BCUT2D eigenvalue weighted by molar-refractivity contribution is -0.117. The van der Waals surface area contributed by atoms with Crippen molar-refractivity contribution < 1.29 is 4.79 Å². The number of nitrogens with zero attached hydrogens (tertiary/aromatic N) is 1. The Hall–Kier alpha value is -1.38. The van der Waals surface area contributed by atoms with Gasteiger partial charge in [0.05, 0.1) is 4.99 Å². The zero-order chi connectivity index (χ0) is 7.40. The van der Waals surface area contributed by atoms with E-state index in [1.807, 2.05) is 0 Å². The third-order valence-corrected chi connectivity index (χ3v) is 1.02. The van der Waals surface area contributed by atoms with Gasteiger partial charge in [-0.25, -0.2) is 0 Å². The molecule has 1 amide bonds. The first-order valence-corrected chi connectivity index (χ1v) is 2.88. The van der Waals surface area contributed by atoms with Gasteiger partial charge in [-0.05, 0) is 6.08 Å². The fourth-order valence-corrected chi connectivity index (χ4v) is 0.633. The molecule has 0 aromatic heterocycles. The maximum absolute atomic E-state index is 10.3. The molecular weight excluding hydrogens is 128 g/mol. The molecule has 50 valence electrons. The molecule has 0 fully saturated rings. The smallest absolute Gasteiger partial charge is 0.263 e. The highest BCUT2D eigenvalue weighted by atomic mass is 16.1. The van der Waals surface area contributed by atoms with Crippen LogP contribution in [0, 0.1) is 6.08 Å². The zero-order valence-corrected chi connectivity index (χ0v) is 5.37. The van der Waals surface area contributed by atoms with Crippen LogP contribution in [0.15, 0.2) is 17.8 Å². The molecule has 1 rings (SSSR count). The SMILES string of the molecule is NC(=O)CC1=C[C]=CC=[N+]1. The summed E-state index contributed by atoms with van der Waals surface area (Å²) >= 11 is 0. The average Bonchev–Trinajstić information content (AvgIpc) is 1.88. The van der Waals surface area contributed by atoms with Crippen LogP contribution in [-0.4, -0.2) is 12.1 Å². The van der Waals surface area contributed by atoms with Crippen molar-refractivity contribution in [2.45, 2.75) is 6.42 Å². The van der Waals surface area contributed by atoms with Crippen LogP contribution in [0.1, 0.15) is 6.42 Å². The Morgan fingerprint density at radius 3 is 3.10 bits per heavy atom. The topological polar surface area (TPSA) is 57.2 Å². The average molecular weight is 135 g/mol. The number of rotatable bonds is 2. The summed E-state index contributed by atoms with van der Waals surface area (Å²) in [6.07, 6.45) is 7.88. The number of carbonyl (C=O) groups is 1. The molecule has 0 saturated heterocycles. The van der Waals surface area contributed by atoms with Gasteiger partial charge in [-0.1, -0.05) is 0 Å². The highest BCUT2D eigenvalue weighted by Crippen LogP contribution is 1.96. The zero-order valence-electron chi connectivity index (χ0n) is 5.37. The van der Waals surface area contributed by atoms with Crippen molar-refractivity contribution in [3.05, 3.63) is 23.9 Å². The number of carbonyl (C=O) groups excluding carboxylic acids is 1. The van der Waals surface area contributed by atoms with Crippen molar-refractivity contribution >= 4 is 12.1 Å². The van der Waals surface area contributed by atoms with Gasteiger partial charge in [0.2, 0.25) is 12.1 Å². The van der Waals surface area contributed by atoms with Crippen LogP contribution < -0.4 is 10.7 Å². The second-order valence-corrected chi connectivity index (χ2v) is 1.89. The van der Waals surface area contributed by atoms with E-state index in [1.54, 1.807) is 18.4 Å². The summed E-state index contributed by atoms with van der Waals surface area (Å²) in [7, 11) is 0. The van der Waals surface area contributed by atoms with Crippen LogP contribution in [0.2, 0.25) is 0 Å².